The largest absolute Gasteiger partial charge is 0.294 e. The molecule has 166 valence electrons. The molecule has 0 spiro atoms. The molecule has 0 amide bonds. The number of Topliss-reactive ketones (excluding diaryl/α,β-unsaturated/α-hetero) is 1. The summed E-state index contributed by atoms with van der Waals surface area (Å²) in [6.45, 7) is 8.32. The van der Waals surface area contributed by atoms with E-state index in [1.165, 1.54) is 16.0 Å². The van der Waals surface area contributed by atoms with E-state index in [1.54, 1.807) is 24.3 Å². The van der Waals surface area contributed by atoms with Crippen LogP contribution >= 0.6 is 11.3 Å². The molecule has 0 aliphatic carbocycles. The van der Waals surface area contributed by atoms with Crippen LogP contribution in [-0.2, 0) is 16.6 Å². The lowest BCUT2D eigenvalue weighted by molar-refractivity contribution is 0.0966. The predicted octanol–water partition coefficient (Wildman–Crippen LogP) is 3.42. The van der Waals surface area contributed by atoms with Crippen molar-refractivity contribution in [1.82, 2.24) is 23.6 Å². The Hall–Kier alpha value is -2.30. The monoisotopic (exact) mass is 461 g/mol. The van der Waals surface area contributed by atoms with Crippen LogP contribution in [0.15, 0.2) is 22.5 Å². The Morgan fingerprint density at radius 2 is 1.81 bits per heavy atom. The third-order valence-electron chi connectivity index (χ3n) is 5.86. The van der Waals surface area contributed by atoms with Crippen LogP contribution in [0.3, 0.4) is 0 Å². The number of nitrogens with zero attached hydrogens (tertiary/aromatic N) is 5. The van der Waals surface area contributed by atoms with Crippen LogP contribution in [0, 0.1) is 27.7 Å². The summed E-state index contributed by atoms with van der Waals surface area (Å²) in [5, 5.41) is 7.13. The Labute approximate surface area is 186 Å². The van der Waals surface area contributed by atoms with E-state index in [4.69, 9.17) is 0 Å². The first-order chi connectivity index (χ1) is 14.7. The molecule has 0 saturated carbocycles. The van der Waals surface area contributed by atoms with E-state index >= 15 is 0 Å². The lowest BCUT2D eigenvalue weighted by Gasteiger charge is -2.25. The van der Waals surface area contributed by atoms with E-state index in [1.807, 2.05) is 29.9 Å². The van der Waals surface area contributed by atoms with Crippen LogP contribution in [0.25, 0.3) is 5.13 Å². The first kappa shape index (κ1) is 21.9. The van der Waals surface area contributed by atoms with E-state index in [0.29, 0.717) is 30.0 Å². The minimum atomic E-state index is -3.62. The van der Waals surface area contributed by atoms with Crippen LogP contribution in [0.2, 0.25) is 0 Å². The number of aromatic nitrogens is 4. The number of ketones is 1. The number of hydrogen-bond acceptors (Lipinski definition) is 6. The second-order valence-electron chi connectivity index (χ2n) is 7.98. The smallest absolute Gasteiger partial charge is 0.246 e. The average Bonchev–Trinajstić information content (AvgIpc) is 3.42. The molecule has 3 aromatic rings. The van der Waals surface area contributed by atoms with Crippen LogP contribution < -0.4 is 0 Å². The highest BCUT2D eigenvalue weighted by molar-refractivity contribution is 7.89. The van der Waals surface area contributed by atoms with E-state index in [2.05, 4.69) is 10.1 Å². The summed E-state index contributed by atoms with van der Waals surface area (Å²) in [7, 11) is -3.62. The van der Waals surface area contributed by atoms with Gasteiger partial charge in [0.25, 0.3) is 0 Å². The molecule has 10 heteroatoms. The van der Waals surface area contributed by atoms with Gasteiger partial charge in [-0.3, -0.25) is 14.0 Å². The highest BCUT2D eigenvalue weighted by atomic mass is 32.2. The third-order valence-corrected chi connectivity index (χ3v) is 8.77. The molecule has 0 atom stereocenters. The van der Waals surface area contributed by atoms with E-state index < -0.39 is 10.0 Å². The highest BCUT2D eigenvalue weighted by Crippen LogP contribution is 2.27. The van der Waals surface area contributed by atoms with Gasteiger partial charge < -0.3 is 0 Å². The van der Waals surface area contributed by atoms with Crippen LogP contribution in [0.5, 0.6) is 0 Å². The SMILES string of the molecule is Cc1nn(CC(=O)c2cc(C)n(-c3nccs3)c2C)c(C)c1S(=O)(=O)N1CCCCC1. The molecule has 0 N–H and O–H groups in total. The molecule has 4 heterocycles. The molecule has 0 unspecified atom stereocenters. The summed E-state index contributed by atoms with van der Waals surface area (Å²) in [6.07, 6.45) is 4.54. The first-order valence-electron chi connectivity index (χ1n) is 10.4. The number of thiazole rings is 1. The number of rotatable bonds is 6. The minimum absolute atomic E-state index is 0.00957. The van der Waals surface area contributed by atoms with Crippen molar-refractivity contribution in [2.75, 3.05) is 13.1 Å². The standard InChI is InChI=1S/C21H27N5O3S2/c1-14-12-18(16(3)26(14)21-22-8-11-30-21)19(27)13-25-17(4)20(15(2)23-25)31(28,29)24-9-6-5-7-10-24/h8,11-12H,5-7,9-10,13H2,1-4H3. The summed E-state index contributed by atoms with van der Waals surface area (Å²) in [5.41, 5.74) is 3.28. The molecule has 1 aliphatic rings. The van der Waals surface area contributed by atoms with Gasteiger partial charge in [0.15, 0.2) is 10.9 Å². The number of carbonyl (C=O) groups is 1. The van der Waals surface area contributed by atoms with Gasteiger partial charge >= 0.3 is 0 Å². The number of carbonyl (C=O) groups excluding carboxylic acids is 1. The lowest BCUT2D eigenvalue weighted by Crippen LogP contribution is -2.36. The molecule has 31 heavy (non-hydrogen) atoms. The predicted molar refractivity (Wildman–Crippen MR) is 120 cm³/mol. The summed E-state index contributed by atoms with van der Waals surface area (Å²) in [6, 6.07) is 1.86. The average molecular weight is 462 g/mol. The molecule has 1 saturated heterocycles. The molecular weight excluding hydrogens is 434 g/mol. The van der Waals surface area contributed by atoms with Crippen molar-refractivity contribution in [2.24, 2.45) is 0 Å². The first-order valence-corrected chi connectivity index (χ1v) is 12.7. The molecule has 0 aromatic carbocycles. The zero-order chi connectivity index (χ0) is 22.3. The molecule has 8 nitrogen and oxygen atoms in total. The van der Waals surface area contributed by atoms with Crippen molar-refractivity contribution >= 4 is 27.1 Å². The molecule has 0 bridgehead atoms. The Morgan fingerprint density at radius 3 is 2.45 bits per heavy atom. The Kier molecular flexibility index (Phi) is 5.89. The van der Waals surface area contributed by atoms with Crippen molar-refractivity contribution < 1.29 is 13.2 Å². The second-order valence-corrected chi connectivity index (χ2v) is 10.7. The number of piperidine rings is 1. The Bertz CT molecular complexity index is 1220. The van der Waals surface area contributed by atoms with E-state index in [0.717, 1.165) is 35.8 Å². The van der Waals surface area contributed by atoms with Crippen molar-refractivity contribution in [3.8, 4) is 5.13 Å². The van der Waals surface area contributed by atoms with E-state index in [9.17, 15) is 13.2 Å². The number of aryl methyl sites for hydroxylation is 2. The molecule has 1 aliphatic heterocycles. The second kappa shape index (κ2) is 8.33. The maximum atomic E-state index is 13.2. The van der Waals surface area contributed by atoms with E-state index in [-0.39, 0.29) is 17.2 Å². The maximum absolute atomic E-state index is 13.2. The van der Waals surface area contributed by atoms with Gasteiger partial charge in [0.05, 0.1) is 11.4 Å². The van der Waals surface area contributed by atoms with Gasteiger partial charge in [0, 0.05) is 41.6 Å². The van der Waals surface area contributed by atoms with Gasteiger partial charge in [-0.05, 0) is 46.6 Å². The molecular formula is C21H27N5O3S2. The minimum Gasteiger partial charge on any atom is -0.294 e. The number of sulfonamides is 1. The van der Waals surface area contributed by atoms with Crippen LogP contribution in [0.1, 0.15) is 52.4 Å². The zero-order valence-electron chi connectivity index (χ0n) is 18.3. The van der Waals surface area contributed by atoms with Crippen molar-refractivity contribution in [2.45, 2.75) is 58.4 Å². The molecule has 4 rings (SSSR count). The summed E-state index contributed by atoms with van der Waals surface area (Å²) in [5.74, 6) is -0.108. The van der Waals surface area contributed by atoms with Crippen LogP contribution in [-0.4, -0.2) is 50.9 Å². The van der Waals surface area contributed by atoms with Gasteiger partial charge in [0.2, 0.25) is 10.0 Å². The van der Waals surface area contributed by atoms with Crippen molar-refractivity contribution in [3.63, 3.8) is 0 Å². The normalized spacial score (nSPS) is 15.5. The van der Waals surface area contributed by atoms with Crippen LogP contribution in [0.4, 0.5) is 0 Å². The third kappa shape index (κ3) is 3.88. The van der Waals surface area contributed by atoms with Gasteiger partial charge in [-0.1, -0.05) is 6.42 Å². The zero-order valence-corrected chi connectivity index (χ0v) is 19.9. The molecule has 1 fully saturated rings. The molecule has 0 radical (unpaired) electrons. The quantitative estimate of drug-likeness (QED) is 0.525. The molecule has 3 aromatic heterocycles. The van der Waals surface area contributed by atoms with Gasteiger partial charge in [0.1, 0.15) is 11.4 Å². The number of hydrogen-bond donors (Lipinski definition) is 0. The summed E-state index contributed by atoms with van der Waals surface area (Å²) >= 11 is 1.51. The topological polar surface area (TPSA) is 90.1 Å². The Morgan fingerprint density at radius 1 is 1.10 bits per heavy atom. The van der Waals surface area contributed by atoms with Crippen molar-refractivity contribution in [3.05, 3.63) is 46.0 Å². The fourth-order valence-electron chi connectivity index (χ4n) is 4.33. The maximum Gasteiger partial charge on any atom is 0.246 e. The highest BCUT2D eigenvalue weighted by Gasteiger charge is 2.32. The lowest BCUT2D eigenvalue weighted by atomic mass is 10.1. The van der Waals surface area contributed by atoms with Gasteiger partial charge in [-0.25, -0.2) is 13.4 Å². The summed E-state index contributed by atoms with van der Waals surface area (Å²) in [4.78, 5) is 17.7. The fraction of sp³-hybridized carbons (Fsp3) is 0.476. The van der Waals surface area contributed by atoms with Gasteiger partial charge in [-0.15, -0.1) is 11.3 Å². The van der Waals surface area contributed by atoms with Crippen molar-refractivity contribution in [1.29, 1.82) is 0 Å². The Balaban J connectivity index is 1.63. The summed E-state index contributed by atoms with van der Waals surface area (Å²) < 4.78 is 31.4. The van der Waals surface area contributed by atoms with Gasteiger partial charge in [-0.2, -0.15) is 9.40 Å². The fourth-order valence-corrected chi connectivity index (χ4v) is 6.97.